The van der Waals surface area contributed by atoms with Gasteiger partial charge in [-0.15, -0.1) is 0 Å². The Morgan fingerprint density at radius 2 is 0.950 bits per heavy atom. The lowest BCUT2D eigenvalue weighted by atomic mass is 9.99. The number of aromatic hydroxyl groups is 2. The van der Waals surface area contributed by atoms with Crippen molar-refractivity contribution >= 4 is 12.2 Å². The molecule has 2 aromatic carbocycles. The SMILES string of the molecule is Cc1c(O)ccc(/C=C/c2ccc(O)c(C)c2C)c1C. The fourth-order valence-corrected chi connectivity index (χ4v) is 2.20. The van der Waals surface area contributed by atoms with Crippen LogP contribution in [0.15, 0.2) is 24.3 Å². The maximum Gasteiger partial charge on any atom is 0.118 e. The van der Waals surface area contributed by atoms with Crippen LogP contribution in [0, 0.1) is 27.7 Å². The van der Waals surface area contributed by atoms with Gasteiger partial charge in [-0.05, 0) is 73.2 Å². The van der Waals surface area contributed by atoms with E-state index in [1.807, 2.05) is 52.0 Å². The van der Waals surface area contributed by atoms with Crippen LogP contribution in [-0.2, 0) is 0 Å². The normalized spacial score (nSPS) is 11.2. The molecule has 2 nitrogen and oxygen atoms in total. The van der Waals surface area contributed by atoms with Gasteiger partial charge in [-0.2, -0.15) is 0 Å². The summed E-state index contributed by atoms with van der Waals surface area (Å²) in [5.41, 5.74) is 6.15. The van der Waals surface area contributed by atoms with E-state index < -0.39 is 0 Å². The zero-order valence-electron chi connectivity index (χ0n) is 12.4. The third kappa shape index (κ3) is 2.55. The Hall–Kier alpha value is -2.22. The molecule has 2 rings (SSSR count). The Morgan fingerprint density at radius 1 is 0.600 bits per heavy atom. The molecule has 2 heteroatoms. The zero-order chi connectivity index (χ0) is 14.9. The minimum absolute atomic E-state index is 0.330. The van der Waals surface area contributed by atoms with Crippen molar-refractivity contribution in [2.45, 2.75) is 27.7 Å². The van der Waals surface area contributed by atoms with E-state index in [2.05, 4.69) is 0 Å². The summed E-state index contributed by atoms with van der Waals surface area (Å²) < 4.78 is 0. The van der Waals surface area contributed by atoms with Gasteiger partial charge in [-0.25, -0.2) is 0 Å². The highest BCUT2D eigenvalue weighted by Gasteiger charge is 2.05. The van der Waals surface area contributed by atoms with Gasteiger partial charge in [0.2, 0.25) is 0 Å². The van der Waals surface area contributed by atoms with Crippen LogP contribution in [0.25, 0.3) is 12.2 Å². The van der Waals surface area contributed by atoms with Crippen LogP contribution in [0.1, 0.15) is 33.4 Å². The van der Waals surface area contributed by atoms with Crippen molar-refractivity contribution in [1.82, 2.24) is 0 Å². The predicted molar refractivity (Wildman–Crippen MR) is 84.1 cm³/mol. The number of phenolic OH excluding ortho intramolecular Hbond substituents is 2. The fourth-order valence-electron chi connectivity index (χ4n) is 2.20. The minimum Gasteiger partial charge on any atom is -0.508 e. The van der Waals surface area contributed by atoms with E-state index in [-0.39, 0.29) is 0 Å². The van der Waals surface area contributed by atoms with E-state index >= 15 is 0 Å². The third-order valence-electron chi connectivity index (χ3n) is 4.04. The Morgan fingerprint density at radius 3 is 1.30 bits per heavy atom. The first-order chi connectivity index (χ1) is 9.41. The smallest absolute Gasteiger partial charge is 0.118 e. The average molecular weight is 268 g/mol. The highest BCUT2D eigenvalue weighted by molar-refractivity contribution is 5.74. The summed E-state index contributed by atoms with van der Waals surface area (Å²) in [6.45, 7) is 7.84. The largest absolute Gasteiger partial charge is 0.508 e. The Bertz CT molecular complexity index is 623. The van der Waals surface area contributed by atoms with Crippen LogP contribution in [0.3, 0.4) is 0 Å². The van der Waals surface area contributed by atoms with E-state index in [0.29, 0.717) is 11.5 Å². The van der Waals surface area contributed by atoms with Crippen molar-refractivity contribution in [3.8, 4) is 11.5 Å². The average Bonchev–Trinajstić information content (AvgIpc) is 2.43. The van der Waals surface area contributed by atoms with Gasteiger partial charge in [0.15, 0.2) is 0 Å². The molecule has 0 aliphatic heterocycles. The van der Waals surface area contributed by atoms with E-state index in [1.165, 1.54) is 0 Å². The molecule has 0 heterocycles. The van der Waals surface area contributed by atoms with Gasteiger partial charge in [-0.3, -0.25) is 0 Å². The molecule has 0 saturated heterocycles. The number of rotatable bonds is 2. The Labute approximate surface area is 120 Å². The summed E-state index contributed by atoms with van der Waals surface area (Å²) in [6, 6.07) is 7.27. The van der Waals surface area contributed by atoms with Gasteiger partial charge < -0.3 is 10.2 Å². The van der Waals surface area contributed by atoms with E-state index in [4.69, 9.17) is 0 Å². The first-order valence-electron chi connectivity index (χ1n) is 6.68. The molecule has 2 aromatic rings. The Balaban J connectivity index is 2.40. The zero-order valence-corrected chi connectivity index (χ0v) is 12.4. The molecule has 0 saturated carbocycles. The van der Waals surface area contributed by atoms with Crippen molar-refractivity contribution < 1.29 is 10.2 Å². The quantitative estimate of drug-likeness (QED) is 0.787. The van der Waals surface area contributed by atoms with Crippen molar-refractivity contribution in [2.24, 2.45) is 0 Å². The van der Waals surface area contributed by atoms with Crippen LogP contribution in [0.5, 0.6) is 11.5 Å². The lowest BCUT2D eigenvalue weighted by Crippen LogP contribution is -1.88. The molecule has 0 radical (unpaired) electrons. The summed E-state index contributed by atoms with van der Waals surface area (Å²) in [4.78, 5) is 0. The van der Waals surface area contributed by atoms with Gasteiger partial charge >= 0.3 is 0 Å². The van der Waals surface area contributed by atoms with Crippen LogP contribution in [-0.4, -0.2) is 10.2 Å². The fraction of sp³-hybridized carbons (Fsp3) is 0.222. The third-order valence-corrected chi connectivity index (χ3v) is 4.04. The molecular weight excluding hydrogens is 248 g/mol. The molecule has 0 spiro atoms. The molecule has 2 N–H and O–H groups in total. The topological polar surface area (TPSA) is 40.5 Å². The van der Waals surface area contributed by atoms with Gasteiger partial charge in [0.05, 0.1) is 0 Å². The lowest BCUT2D eigenvalue weighted by molar-refractivity contribution is 0.470. The molecule has 20 heavy (non-hydrogen) atoms. The molecule has 0 aromatic heterocycles. The second-order valence-electron chi connectivity index (χ2n) is 5.18. The van der Waals surface area contributed by atoms with Crippen LogP contribution in [0.2, 0.25) is 0 Å². The maximum absolute atomic E-state index is 9.67. The molecule has 0 fully saturated rings. The number of hydrogen-bond acceptors (Lipinski definition) is 2. The molecule has 0 unspecified atom stereocenters. The number of hydrogen-bond donors (Lipinski definition) is 2. The summed E-state index contributed by atoms with van der Waals surface area (Å²) >= 11 is 0. The Kier molecular flexibility index (Phi) is 3.84. The van der Waals surface area contributed by atoms with E-state index in [0.717, 1.165) is 33.4 Å². The first kappa shape index (κ1) is 14.2. The molecule has 104 valence electrons. The predicted octanol–water partition coefficient (Wildman–Crippen LogP) is 4.50. The lowest BCUT2D eigenvalue weighted by Gasteiger charge is -2.08. The molecule has 0 bridgehead atoms. The highest BCUT2D eigenvalue weighted by Crippen LogP contribution is 2.26. The van der Waals surface area contributed by atoms with E-state index in [9.17, 15) is 10.2 Å². The molecule has 0 amide bonds. The standard InChI is InChI=1S/C18H20O2/c1-11-13(3)17(19)9-7-15(11)5-6-16-8-10-18(20)14(4)12(16)2/h5-10,19-20H,1-4H3/b6-5+. The van der Waals surface area contributed by atoms with Crippen molar-refractivity contribution in [3.05, 3.63) is 57.6 Å². The van der Waals surface area contributed by atoms with Crippen LogP contribution in [0.4, 0.5) is 0 Å². The van der Waals surface area contributed by atoms with Gasteiger partial charge in [0, 0.05) is 0 Å². The minimum atomic E-state index is 0.330. The van der Waals surface area contributed by atoms with Crippen molar-refractivity contribution in [3.63, 3.8) is 0 Å². The molecule has 0 aliphatic rings. The van der Waals surface area contributed by atoms with Crippen LogP contribution < -0.4 is 0 Å². The molecular formula is C18H20O2. The number of benzene rings is 2. The van der Waals surface area contributed by atoms with E-state index in [1.54, 1.807) is 12.1 Å². The maximum atomic E-state index is 9.67. The van der Waals surface area contributed by atoms with Gasteiger partial charge in [0.25, 0.3) is 0 Å². The van der Waals surface area contributed by atoms with Crippen molar-refractivity contribution in [2.75, 3.05) is 0 Å². The summed E-state index contributed by atoms with van der Waals surface area (Å²) in [6.07, 6.45) is 4.08. The highest BCUT2D eigenvalue weighted by atomic mass is 16.3. The molecule has 0 atom stereocenters. The second kappa shape index (κ2) is 5.41. The monoisotopic (exact) mass is 268 g/mol. The van der Waals surface area contributed by atoms with Crippen LogP contribution >= 0.6 is 0 Å². The summed E-state index contributed by atoms with van der Waals surface area (Å²) in [7, 11) is 0. The number of phenols is 2. The van der Waals surface area contributed by atoms with Gasteiger partial charge in [0.1, 0.15) is 11.5 Å². The summed E-state index contributed by atoms with van der Waals surface area (Å²) in [5, 5.41) is 19.3. The van der Waals surface area contributed by atoms with Crippen molar-refractivity contribution in [1.29, 1.82) is 0 Å². The first-order valence-corrected chi connectivity index (χ1v) is 6.68. The van der Waals surface area contributed by atoms with Gasteiger partial charge in [-0.1, -0.05) is 24.3 Å². The molecule has 0 aliphatic carbocycles. The second-order valence-corrected chi connectivity index (χ2v) is 5.18. The summed E-state index contributed by atoms with van der Waals surface area (Å²) in [5.74, 6) is 0.660.